The molecule has 43 heavy (non-hydrogen) atoms. The normalized spacial score (nSPS) is 14.7. The van der Waals surface area contributed by atoms with Gasteiger partial charge in [0.05, 0.1) is 16.5 Å². The Labute approximate surface area is 282 Å². The van der Waals surface area contributed by atoms with Crippen molar-refractivity contribution in [1.29, 1.82) is 0 Å². The van der Waals surface area contributed by atoms with Crippen molar-refractivity contribution in [2.45, 2.75) is 95.2 Å². The molecular formula is C31H37BrCl4N4O3. The summed E-state index contributed by atoms with van der Waals surface area (Å²) >= 11 is 28.1. The van der Waals surface area contributed by atoms with E-state index in [9.17, 15) is 14.4 Å². The summed E-state index contributed by atoms with van der Waals surface area (Å²) < 4.78 is 0. The van der Waals surface area contributed by atoms with Gasteiger partial charge in [-0.3, -0.25) is 14.4 Å². The first-order chi connectivity index (χ1) is 20.6. The van der Waals surface area contributed by atoms with Gasteiger partial charge in [-0.15, -0.1) is 5.10 Å². The fourth-order valence-corrected chi connectivity index (χ4v) is 6.30. The third-order valence-electron chi connectivity index (χ3n) is 7.02. The first-order valence-corrected chi connectivity index (χ1v) is 17.1. The number of hydrazone groups is 1. The van der Waals surface area contributed by atoms with E-state index in [1.165, 1.54) is 63.5 Å². The molecule has 3 rings (SSSR count). The molecule has 0 bridgehead atoms. The minimum Gasteiger partial charge on any atom is -0.326 e. The van der Waals surface area contributed by atoms with E-state index in [0.29, 0.717) is 27.7 Å². The molecule has 7 nitrogen and oxygen atoms in total. The Morgan fingerprint density at radius 1 is 0.814 bits per heavy atom. The van der Waals surface area contributed by atoms with Gasteiger partial charge < -0.3 is 10.6 Å². The average molecular weight is 735 g/mol. The van der Waals surface area contributed by atoms with Crippen LogP contribution in [0.15, 0.2) is 35.4 Å². The molecule has 1 heterocycles. The van der Waals surface area contributed by atoms with Gasteiger partial charge in [-0.05, 0) is 42.3 Å². The minimum atomic E-state index is -0.920. The molecule has 0 spiro atoms. The van der Waals surface area contributed by atoms with E-state index >= 15 is 0 Å². The van der Waals surface area contributed by atoms with Crippen LogP contribution in [0.4, 0.5) is 11.4 Å². The third-order valence-corrected chi connectivity index (χ3v) is 9.01. The monoisotopic (exact) mass is 732 g/mol. The molecule has 2 aromatic rings. The first kappa shape index (κ1) is 35.6. The molecule has 0 radical (unpaired) electrons. The standard InChI is InChI=1S/C31H37BrCl4N4O3/c1-2-3-4-5-6-7-8-9-10-11-12-13-26(41)37-22-14-15-23(34)20(16-22)17-27(42)38-30-28(32)31(43)40(39-30)29-24(35)18-21(33)19-25(29)36/h14-16,18-19,28H,2-13,17H2,1H3,(H,37,41)(H,38,39,42). The van der Waals surface area contributed by atoms with Crippen molar-refractivity contribution in [3.05, 3.63) is 56.0 Å². The zero-order chi connectivity index (χ0) is 31.4. The number of benzene rings is 2. The Morgan fingerprint density at radius 3 is 2.00 bits per heavy atom. The van der Waals surface area contributed by atoms with Crippen LogP contribution in [-0.4, -0.2) is 28.4 Å². The molecular weight excluding hydrogens is 698 g/mol. The van der Waals surface area contributed by atoms with Gasteiger partial charge in [0.1, 0.15) is 5.69 Å². The van der Waals surface area contributed by atoms with Crippen LogP contribution >= 0.6 is 62.3 Å². The van der Waals surface area contributed by atoms with E-state index in [2.05, 4.69) is 38.6 Å². The molecule has 3 amide bonds. The summed E-state index contributed by atoms with van der Waals surface area (Å²) in [5.41, 5.74) is 1.24. The molecule has 0 saturated carbocycles. The number of nitrogens with one attached hydrogen (secondary N) is 2. The number of halogens is 5. The maximum absolute atomic E-state index is 12.9. The van der Waals surface area contributed by atoms with E-state index in [1.54, 1.807) is 18.2 Å². The molecule has 0 aliphatic carbocycles. The van der Waals surface area contributed by atoms with Gasteiger partial charge in [0.25, 0.3) is 5.91 Å². The Hall–Kier alpha value is -1.84. The number of carbonyl (C=O) groups is 3. The molecule has 0 aromatic heterocycles. The fourth-order valence-electron chi connectivity index (χ4n) is 4.74. The number of unbranched alkanes of at least 4 members (excludes halogenated alkanes) is 10. The molecule has 1 unspecified atom stereocenters. The Bertz CT molecular complexity index is 1300. The predicted molar refractivity (Wildman–Crippen MR) is 182 cm³/mol. The van der Waals surface area contributed by atoms with Crippen molar-refractivity contribution in [3.63, 3.8) is 0 Å². The number of alkyl halides is 1. The van der Waals surface area contributed by atoms with Gasteiger partial charge in [0, 0.05) is 22.2 Å². The smallest absolute Gasteiger partial charge is 0.269 e. The molecule has 12 heteroatoms. The van der Waals surface area contributed by atoms with Crippen molar-refractivity contribution >= 4 is 97.3 Å². The number of hydrogen-bond acceptors (Lipinski definition) is 4. The molecule has 234 valence electrons. The van der Waals surface area contributed by atoms with E-state index in [1.807, 2.05) is 0 Å². The molecule has 0 fully saturated rings. The third kappa shape index (κ3) is 11.2. The number of hydrogen-bond donors (Lipinski definition) is 2. The van der Waals surface area contributed by atoms with Crippen molar-refractivity contribution < 1.29 is 14.4 Å². The molecule has 1 aliphatic heterocycles. The highest BCUT2D eigenvalue weighted by atomic mass is 79.9. The summed E-state index contributed by atoms with van der Waals surface area (Å²) in [5.74, 6) is -0.932. The second-order valence-corrected chi connectivity index (χ2v) is 13.2. The second-order valence-electron chi connectivity index (χ2n) is 10.6. The van der Waals surface area contributed by atoms with Crippen LogP contribution in [0.1, 0.15) is 89.5 Å². The molecule has 0 saturated heterocycles. The predicted octanol–water partition coefficient (Wildman–Crippen LogP) is 9.72. The largest absolute Gasteiger partial charge is 0.326 e. The lowest BCUT2D eigenvalue weighted by Crippen LogP contribution is -2.38. The maximum atomic E-state index is 12.9. The lowest BCUT2D eigenvalue weighted by molar-refractivity contribution is -0.119. The highest BCUT2D eigenvalue weighted by Gasteiger charge is 2.37. The quantitative estimate of drug-likeness (QED) is 0.133. The summed E-state index contributed by atoms with van der Waals surface area (Å²) in [7, 11) is 0. The van der Waals surface area contributed by atoms with E-state index in [4.69, 9.17) is 46.4 Å². The lowest BCUT2D eigenvalue weighted by atomic mass is 10.1. The Balaban J connectivity index is 1.46. The number of amidine groups is 1. The van der Waals surface area contributed by atoms with Crippen LogP contribution in [0, 0.1) is 0 Å². The van der Waals surface area contributed by atoms with Crippen molar-refractivity contribution in [2.24, 2.45) is 5.10 Å². The van der Waals surface area contributed by atoms with Crippen LogP contribution in [0.2, 0.25) is 20.1 Å². The summed E-state index contributed by atoms with van der Waals surface area (Å²) in [4.78, 5) is 37.3. The summed E-state index contributed by atoms with van der Waals surface area (Å²) in [6.07, 6.45) is 13.8. The highest BCUT2D eigenvalue weighted by molar-refractivity contribution is 9.10. The van der Waals surface area contributed by atoms with Crippen LogP contribution in [0.5, 0.6) is 0 Å². The Morgan fingerprint density at radius 2 is 1.40 bits per heavy atom. The first-order valence-electron chi connectivity index (χ1n) is 14.7. The van der Waals surface area contributed by atoms with Crippen molar-refractivity contribution in [2.75, 3.05) is 10.3 Å². The maximum Gasteiger partial charge on any atom is 0.269 e. The zero-order valence-electron chi connectivity index (χ0n) is 24.2. The van der Waals surface area contributed by atoms with E-state index in [0.717, 1.165) is 24.3 Å². The van der Waals surface area contributed by atoms with Gasteiger partial charge in [-0.2, -0.15) is 5.01 Å². The van der Waals surface area contributed by atoms with Gasteiger partial charge in [0.2, 0.25) is 11.8 Å². The van der Waals surface area contributed by atoms with Crippen molar-refractivity contribution in [1.82, 2.24) is 5.32 Å². The van der Waals surface area contributed by atoms with Crippen LogP contribution in [0.3, 0.4) is 0 Å². The molecule has 2 aromatic carbocycles. The average Bonchev–Trinajstić information content (AvgIpc) is 3.21. The van der Waals surface area contributed by atoms with E-state index < -0.39 is 16.6 Å². The summed E-state index contributed by atoms with van der Waals surface area (Å²) in [5, 5.41) is 11.7. The minimum absolute atomic E-state index is 0.0737. The number of amides is 3. The van der Waals surface area contributed by atoms with Gasteiger partial charge in [-0.1, -0.05) is 133 Å². The van der Waals surface area contributed by atoms with E-state index in [-0.39, 0.29) is 33.9 Å². The highest BCUT2D eigenvalue weighted by Crippen LogP contribution is 2.39. The second kappa shape index (κ2) is 18.2. The van der Waals surface area contributed by atoms with Crippen molar-refractivity contribution in [3.8, 4) is 0 Å². The van der Waals surface area contributed by atoms with Gasteiger partial charge in [0.15, 0.2) is 10.7 Å². The topological polar surface area (TPSA) is 90.9 Å². The number of rotatable bonds is 16. The SMILES string of the molecule is CCCCCCCCCCCCCC(=O)Nc1ccc(Cl)c(CC(=O)NC2=NN(c3c(Cl)cc(Cl)cc3Cl)C(=O)C2Br)c1. The number of anilines is 2. The number of carbonyl (C=O) groups excluding carboxylic acids is 3. The molecule has 1 atom stereocenters. The zero-order valence-corrected chi connectivity index (χ0v) is 28.8. The summed E-state index contributed by atoms with van der Waals surface area (Å²) in [6, 6.07) is 7.90. The fraction of sp³-hybridized carbons (Fsp3) is 0.484. The van der Waals surface area contributed by atoms with Crippen LogP contribution < -0.4 is 15.6 Å². The van der Waals surface area contributed by atoms with Crippen LogP contribution in [0.25, 0.3) is 0 Å². The van der Waals surface area contributed by atoms with Crippen LogP contribution in [-0.2, 0) is 20.8 Å². The number of nitrogens with zero attached hydrogens (tertiary/aromatic N) is 2. The summed E-state index contributed by atoms with van der Waals surface area (Å²) in [6.45, 7) is 2.24. The van der Waals surface area contributed by atoms with Gasteiger partial charge >= 0.3 is 0 Å². The van der Waals surface area contributed by atoms with Gasteiger partial charge in [-0.25, -0.2) is 0 Å². The lowest BCUT2D eigenvalue weighted by Gasteiger charge is -2.15. The molecule has 1 aliphatic rings. The Kier molecular flexibility index (Phi) is 15.1. The molecule has 2 N–H and O–H groups in total.